The molecular formula is C23H26N2O3. The predicted octanol–water partition coefficient (Wildman–Crippen LogP) is 4.32. The summed E-state index contributed by atoms with van der Waals surface area (Å²) < 4.78 is 10.9. The molecule has 1 saturated heterocycles. The van der Waals surface area contributed by atoms with E-state index in [1.165, 1.54) is 18.5 Å². The second-order valence-electron chi connectivity index (χ2n) is 8.32. The molecule has 1 saturated carbocycles. The highest BCUT2D eigenvalue weighted by Gasteiger charge is 2.51. The molecule has 3 aliphatic rings. The van der Waals surface area contributed by atoms with Gasteiger partial charge in [-0.1, -0.05) is 13.0 Å². The highest BCUT2D eigenvalue weighted by molar-refractivity contribution is 6.01. The van der Waals surface area contributed by atoms with E-state index >= 15 is 0 Å². The largest absolute Gasteiger partial charge is 0.454 e. The van der Waals surface area contributed by atoms with Crippen molar-refractivity contribution in [3.8, 4) is 11.5 Å². The number of carbonyl (C=O) groups excluding carboxylic acids is 1. The SMILES string of the molecule is CC1CCN(c2ccc(NC(=O)C3(c4ccc5c(c4)OCO5)CC3)cc2)CC1. The summed E-state index contributed by atoms with van der Waals surface area (Å²) in [7, 11) is 0. The summed E-state index contributed by atoms with van der Waals surface area (Å²) in [6.07, 6.45) is 4.22. The van der Waals surface area contributed by atoms with E-state index in [-0.39, 0.29) is 12.7 Å². The quantitative estimate of drug-likeness (QED) is 0.861. The fourth-order valence-corrected chi connectivity index (χ4v) is 4.24. The monoisotopic (exact) mass is 378 g/mol. The minimum absolute atomic E-state index is 0.0610. The van der Waals surface area contributed by atoms with E-state index in [0.29, 0.717) is 0 Å². The zero-order valence-corrected chi connectivity index (χ0v) is 16.2. The first-order chi connectivity index (χ1) is 13.6. The Bertz CT molecular complexity index is 881. The Morgan fingerprint density at radius 3 is 2.46 bits per heavy atom. The number of piperidine rings is 1. The van der Waals surface area contributed by atoms with Crippen molar-refractivity contribution in [1.82, 2.24) is 0 Å². The van der Waals surface area contributed by atoms with Gasteiger partial charge in [0.2, 0.25) is 12.7 Å². The van der Waals surface area contributed by atoms with Gasteiger partial charge in [-0.05, 0) is 73.6 Å². The number of ether oxygens (including phenoxy) is 2. The number of hydrogen-bond donors (Lipinski definition) is 1. The second-order valence-corrected chi connectivity index (χ2v) is 8.32. The topological polar surface area (TPSA) is 50.8 Å². The van der Waals surface area contributed by atoms with Gasteiger partial charge in [0.1, 0.15) is 0 Å². The lowest BCUT2D eigenvalue weighted by atomic mass is 9.94. The summed E-state index contributed by atoms with van der Waals surface area (Å²) >= 11 is 0. The normalized spacial score (nSPS) is 20.1. The molecule has 5 rings (SSSR count). The molecule has 5 nitrogen and oxygen atoms in total. The van der Waals surface area contributed by atoms with Crippen LogP contribution in [0.25, 0.3) is 0 Å². The van der Waals surface area contributed by atoms with Gasteiger partial charge >= 0.3 is 0 Å². The molecule has 2 heterocycles. The molecule has 0 bridgehead atoms. The van der Waals surface area contributed by atoms with Crippen LogP contribution >= 0.6 is 0 Å². The van der Waals surface area contributed by atoms with Crippen molar-refractivity contribution in [2.75, 3.05) is 30.1 Å². The van der Waals surface area contributed by atoms with Gasteiger partial charge in [0, 0.05) is 24.5 Å². The van der Waals surface area contributed by atoms with Gasteiger partial charge < -0.3 is 19.7 Å². The Labute approximate surface area is 165 Å². The molecule has 0 radical (unpaired) electrons. The second kappa shape index (κ2) is 6.73. The van der Waals surface area contributed by atoms with Crippen LogP contribution in [0.15, 0.2) is 42.5 Å². The molecule has 2 fully saturated rings. The fourth-order valence-electron chi connectivity index (χ4n) is 4.24. The maximum atomic E-state index is 13.0. The van der Waals surface area contributed by atoms with Crippen molar-refractivity contribution in [1.29, 1.82) is 0 Å². The number of nitrogens with one attached hydrogen (secondary N) is 1. The summed E-state index contributed by atoms with van der Waals surface area (Å²) in [4.78, 5) is 15.5. The third-order valence-electron chi connectivity index (χ3n) is 6.38. The number of nitrogens with zero attached hydrogens (tertiary/aromatic N) is 1. The molecule has 146 valence electrons. The first-order valence-corrected chi connectivity index (χ1v) is 10.2. The van der Waals surface area contributed by atoms with Crippen LogP contribution < -0.4 is 19.7 Å². The lowest BCUT2D eigenvalue weighted by Gasteiger charge is -2.32. The molecule has 0 spiro atoms. The molecule has 1 N–H and O–H groups in total. The number of carbonyl (C=O) groups is 1. The molecular weight excluding hydrogens is 352 g/mol. The maximum absolute atomic E-state index is 13.0. The molecule has 5 heteroatoms. The first kappa shape index (κ1) is 17.4. The van der Waals surface area contributed by atoms with Gasteiger partial charge in [-0.3, -0.25) is 4.79 Å². The van der Waals surface area contributed by atoms with E-state index in [9.17, 15) is 4.79 Å². The van der Waals surface area contributed by atoms with Crippen molar-refractivity contribution in [3.05, 3.63) is 48.0 Å². The van der Waals surface area contributed by atoms with Crippen molar-refractivity contribution in [2.24, 2.45) is 5.92 Å². The average Bonchev–Trinajstić information content (AvgIpc) is 3.40. The first-order valence-electron chi connectivity index (χ1n) is 10.2. The van der Waals surface area contributed by atoms with Gasteiger partial charge in [0.05, 0.1) is 5.41 Å². The Hall–Kier alpha value is -2.69. The molecule has 1 aliphatic carbocycles. The summed E-state index contributed by atoms with van der Waals surface area (Å²) in [6.45, 7) is 4.80. The van der Waals surface area contributed by atoms with Crippen molar-refractivity contribution in [2.45, 2.75) is 38.0 Å². The molecule has 0 atom stereocenters. The van der Waals surface area contributed by atoms with Crippen LogP contribution in [-0.4, -0.2) is 25.8 Å². The van der Waals surface area contributed by atoms with Crippen molar-refractivity contribution >= 4 is 17.3 Å². The van der Waals surface area contributed by atoms with Crippen molar-refractivity contribution in [3.63, 3.8) is 0 Å². The summed E-state index contributed by atoms with van der Waals surface area (Å²) in [5.41, 5.74) is 2.66. The Morgan fingerprint density at radius 2 is 1.75 bits per heavy atom. The lowest BCUT2D eigenvalue weighted by Crippen LogP contribution is -2.32. The smallest absolute Gasteiger partial charge is 0.235 e. The van der Waals surface area contributed by atoms with Gasteiger partial charge in [-0.2, -0.15) is 0 Å². The predicted molar refractivity (Wildman–Crippen MR) is 109 cm³/mol. The summed E-state index contributed by atoms with van der Waals surface area (Å²) in [5.74, 6) is 2.37. The molecule has 2 aromatic carbocycles. The minimum Gasteiger partial charge on any atom is -0.454 e. The van der Waals surface area contributed by atoms with Crippen molar-refractivity contribution < 1.29 is 14.3 Å². The third-order valence-corrected chi connectivity index (χ3v) is 6.38. The Balaban J connectivity index is 1.28. The van der Waals surface area contributed by atoms with E-state index in [4.69, 9.17) is 9.47 Å². The Morgan fingerprint density at radius 1 is 1.04 bits per heavy atom. The zero-order chi connectivity index (χ0) is 19.1. The molecule has 2 aliphatic heterocycles. The number of anilines is 2. The Kier molecular flexibility index (Phi) is 4.18. The summed E-state index contributed by atoms with van der Waals surface area (Å²) in [6, 6.07) is 14.1. The van der Waals surface area contributed by atoms with Crippen LogP contribution in [0.3, 0.4) is 0 Å². The molecule has 1 amide bonds. The number of fused-ring (bicyclic) bond motifs is 1. The van der Waals surface area contributed by atoms with Gasteiger partial charge in [-0.25, -0.2) is 0 Å². The van der Waals surface area contributed by atoms with Crippen LogP contribution in [0.2, 0.25) is 0 Å². The molecule has 2 aromatic rings. The van der Waals surface area contributed by atoms with Crippen LogP contribution in [0.4, 0.5) is 11.4 Å². The number of hydrogen-bond acceptors (Lipinski definition) is 4. The number of rotatable bonds is 4. The molecule has 0 unspecified atom stereocenters. The maximum Gasteiger partial charge on any atom is 0.235 e. The lowest BCUT2D eigenvalue weighted by molar-refractivity contribution is -0.118. The zero-order valence-electron chi connectivity index (χ0n) is 16.2. The van der Waals surface area contributed by atoms with Gasteiger partial charge in [0.15, 0.2) is 11.5 Å². The fraction of sp³-hybridized carbons (Fsp3) is 0.435. The molecule has 0 aromatic heterocycles. The van der Waals surface area contributed by atoms with Gasteiger partial charge in [-0.15, -0.1) is 0 Å². The van der Waals surface area contributed by atoms with Crippen LogP contribution in [-0.2, 0) is 10.2 Å². The number of amides is 1. The van der Waals surface area contributed by atoms with E-state index in [1.54, 1.807) is 0 Å². The van der Waals surface area contributed by atoms with E-state index in [0.717, 1.165) is 54.6 Å². The highest BCUT2D eigenvalue weighted by atomic mass is 16.7. The third kappa shape index (κ3) is 3.09. The van der Waals surface area contributed by atoms with Crippen LogP contribution in [0.1, 0.15) is 38.2 Å². The summed E-state index contributed by atoms with van der Waals surface area (Å²) in [5, 5.41) is 3.12. The number of benzene rings is 2. The van der Waals surface area contributed by atoms with Gasteiger partial charge in [0.25, 0.3) is 0 Å². The average molecular weight is 378 g/mol. The van der Waals surface area contributed by atoms with E-state index in [1.807, 2.05) is 30.3 Å². The standard InChI is InChI=1S/C23H26N2O3/c1-16-8-12-25(13-9-16)19-5-3-18(4-6-19)24-22(26)23(10-11-23)17-2-7-20-21(14-17)28-15-27-20/h2-7,14,16H,8-13,15H2,1H3,(H,24,26). The van der Waals surface area contributed by atoms with Crippen LogP contribution in [0, 0.1) is 5.92 Å². The highest BCUT2D eigenvalue weighted by Crippen LogP contribution is 2.51. The molecule has 28 heavy (non-hydrogen) atoms. The van der Waals surface area contributed by atoms with Crippen LogP contribution in [0.5, 0.6) is 11.5 Å². The minimum atomic E-state index is -0.442. The van der Waals surface area contributed by atoms with E-state index < -0.39 is 5.41 Å². The van der Waals surface area contributed by atoms with E-state index in [2.05, 4.69) is 29.3 Å².